The van der Waals surface area contributed by atoms with E-state index in [1.807, 2.05) is 7.05 Å². The van der Waals surface area contributed by atoms with E-state index in [9.17, 15) is 0 Å². The van der Waals surface area contributed by atoms with Crippen molar-refractivity contribution in [2.24, 2.45) is 23.5 Å². The number of allylic oxidation sites excluding steroid dienone is 2. The van der Waals surface area contributed by atoms with E-state index in [0.29, 0.717) is 11.8 Å². The fraction of sp³-hybridized carbons (Fsp3) is 0.444. The number of nitrogens with one attached hydrogen (secondary N) is 1. The van der Waals surface area contributed by atoms with Crippen LogP contribution in [0.1, 0.15) is 30.9 Å². The molecule has 3 unspecified atom stereocenters. The van der Waals surface area contributed by atoms with Crippen molar-refractivity contribution >= 4 is 5.57 Å². The molecule has 0 spiro atoms. The molecule has 1 saturated carbocycles. The number of nitrogens with two attached hydrogens (primary N) is 1. The summed E-state index contributed by atoms with van der Waals surface area (Å²) in [5.74, 6) is 2.14. The second-order valence-electron chi connectivity index (χ2n) is 6.56. The summed E-state index contributed by atoms with van der Waals surface area (Å²) >= 11 is 0. The van der Waals surface area contributed by atoms with Crippen LogP contribution < -0.4 is 11.1 Å². The maximum Gasteiger partial charge on any atom is 0.119 e. The van der Waals surface area contributed by atoms with Crippen molar-refractivity contribution in [1.29, 1.82) is 0 Å². The lowest BCUT2D eigenvalue weighted by Gasteiger charge is -2.31. The Morgan fingerprint density at radius 1 is 1.20 bits per heavy atom. The molecule has 1 aromatic carbocycles. The molecule has 2 heteroatoms. The fourth-order valence-corrected chi connectivity index (χ4v) is 4.39. The van der Waals surface area contributed by atoms with Crippen LogP contribution in [-0.4, -0.2) is 7.05 Å². The van der Waals surface area contributed by atoms with Crippen molar-refractivity contribution < 1.29 is 0 Å². The van der Waals surface area contributed by atoms with Crippen LogP contribution in [-0.2, 0) is 5.66 Å². The van der Waals surface area contributed by atoms with Gasteiger partial charge in [0.25, 0.3) is 0 Å². The van der Waals surface area contributed by atoms with E-state index >= 15 is 0 Å². The predicted octanol–water partition coefficient (Wildman–Crippen LogP) is 3.02. The first-order valence-electron chi connectivity index (χ1n) is 7.67. The third kappa shape index (κ3) is 1.41. The lowest BCUT2D eigenvalue weighted by molar-refractivity contribution is 0.423. The fourth-order valence-electron chi connectivity index (χ4n) is 4.39. The highest BCUT2D eigenvalue weighted by molar-refractivity contribution is 5.90. The summed E-state index contributed by atoms with van der Waals surface area (Å²) in [6.45, 7) is 2.38. The molecule has 4 atom stereocenters. The maximum atomic E-state index is 6.73. The lowest BCUT2D eigenvalue weighted by atomic mass is 9.79. The van der Waals surface area contributed by atoms with Gasteiger partial charge in [-0.3, -0.25) is 5.32 Å². The minimum Gasteiger partial charge on any atom is -0.306 e. The summed E-state index contributed by atoms with van der Waals surface area (Å²) in [7, 11) is 1.96. The van der Waals surface area contributed by atoms with Crippen LogP contribution >= 0.6 is 0 Å². The van der Waals surface area contributed by atoms with Crippen LogP contribution in [0.3, 0.4) is 0 Å². The normalized spacial score (nSPS) is 37.9. The molecule has 3 aliphatic rings. The van der Waals surface area contributed by atoms with E-state index in [4.69, 9.17) is 5.73 Å². The Balaban J connectivity index is 1.93. The molecule has 3 aliphatic carbocycles. The van der Waals surface area contributed by atoms with Gasteiger partial charge in [-0.05, 0) is 59.9 Å². The van der Waals surface area contributed by atoms with Crippen LogP contribution in [0.25, 0.3) is 5.57 Å². The topological polar surface area (TPSA) is 38.0 Å². The molecular formula is C18H22N2. The first-order valence-corrected chi connectivity index (χ1v) is 7.67. The second kappa shape index (κ2) is 4.06. The van der Waals surface area contributed by atoms with E-state index in [0.717, 1.165) is 5.92 Å². The lowest BCUT2D eigenvalue weighted by Crippen LogP contribution is -2.48. The van der Waals surface area contributed by atoms with Gasteiger partial charge in [0.2, 0.25) is 0 Å². The summed E-state index contributed by atoms with van der Waals surface area (Å²) in [6, 6.07) is 8.56. The summed E-state index contributed by atoms with van der Waals surface area (Å²) in [5, 5.41) is 3.36. The van der Waals surface area contributed by atoms with Crippen molar-refractivity contribution in [3.05, 3.63) is 53.1 Å². The van der Waals surface area contributed by atoms with Gasteiger partial charge in [-0.2, -0.15) is 0 Å². The predicted molar refractivity (Wildman–Crippen MR) is 82.8 cm³/mol. The third-order valence-corrected chi connectivity index (χ3v) is 5.60. The minimum atomic E-state index is -0.518. The van der Waals surface area contributed by atoms with Crippen molar-refractivity contribution in [2.45, 2.75) is 25.4 Å². The van der Waals surface area contributed by atoms with Gasteiger partial charge in [0.15, 0.2) is 0 Å². The van der Waals surface area contributed by atoms with E-state index in [-0.39, 0.29) is 0 Å². The molecular weight excluding hydrogens is 244 g/mol. The molecule has 0 saturated heterocycles. The average Bonchev–Trinajstić information content (AvgIpc) is 2.97. The highest BCUT2D eigenvalue weighted by Gasteiger charge is 2.45. The van der Waals surface area contributed by atoms with Gasteiger partial charge in [-0.1, -0.05) is 43.3 Å². The second-order valence-corrected chi connectivity index (χ2v) is 6.56. The number of rotatable bonds is 1. The Morgan fingerprint density at radius 3 is 2.80 bits per heavy atom. The van der Waals surface area contributed by atoms with Crippen LogP contribution in [0, 0.1) is 17.8 Å². The third-order valence-electron chi connectivity index (χ3n) is 5.60. The average molecular weight is 266 g/mol. The molecule has 0 radical (unpaired) electrons. The Labute approximate surface area is 120 Å². The first kappa shape index (κ1) is 12.4. The van der Waals surface area contributed by atoms with Gasteiger partial charge in [0.05, 0.1) is 0 Å². The van der Waals surface area contributed by atoms with Gasteiger partial charge in [-0.25, -0.2) is 0 Å². The van der Waals surface area contributed by atoms with E-state index < -0.39 is 5.66 Å². The number of hydrogen-bond acceptors (Lipinski definition) is 2. The summed E-state index contributed by atoms with van der Waals surface area (Å²) < 4.78 is 0. The van der Waals surface area contributed by atoms with E-state index in [1.54, 1.807) is 0 Å². The molecule has 0 bridgehead atoms. The largest absolute Gasteiger partial charge is 0.306 e. The van der Waals surface area contributed by atoms with Crippen molar-refractivity contribution in [3.8, 4) is 0 Å². The molecule has 1 fully saturated rings. The summed E-state index contributed by atoms with van der Waals surface area (Å²) in [6.07, 6.45) is 7.61. The van der Waals surface area contributed by atoms with Gasteiger partial charge < -0.3 is 5.73 Å². The molecule has 2 nitrogen and oxygen atoms in total. The van der Waals surface area contributed by atoms with Gasteiger partial charge in [-0.15, -0.1) is 0 Å². The zero-order chi connectivity index (χ0) is 13.9. The molecule has 104 valence electrons. The smallest absolute Gasteiger partial charge is 0.119 e. The minimum absolute atomic E-state index is 0.518. The molecule has 3 N–H and O–H groups in total. The number of likely N-dealkylation sites (N-methyl/N-ethyl adjacent to an activating group) is 1. The molecule has 0 amide bonds. The van der Waals surface area contributed by atoms with Crippen LogP contribution in [0.4, 0.5) is 0 Å². The number of benzene rings is 1. The van der Waals surface area contributed by atoms with Crippen molar-refractivity contribution in [1.82, 2.24) is 5.32 Å². The van der Waals surface area contributed by atoms with E-state index in [1.165, 1.54) is 35.1 Å². The molecule has 0 aromatic heterocycles. The monoisotopic (exact) mass is 266 g/mol. The highest BCUT2D eigenvalue weighted by Crippen LogP contribution is 2.53. The quantitative estimate of drug-likeness (QED) is 0.767. The first-order chi connectivity index (χ1) is 9.65. The van der Waals surface area contributed by atoms with Crippen molar-refractivity contribution in [3.63, 3.8) is 0 Å². The van der Waals surface area contributed by atoms with Gasteiger partial charge in [0, 0.05) is 0 Å². The molecule has 1 aromatic rings. The molecule has 4 rings (SSSR count). The van der Waals surface area contributed by atoms with Crippen LogP contribution in [0.2, 0.25) is 0 Å². The van der Waals surface area contributed by atoms with E-state index in [2.05, 4.69) is 48.7 Å². The number of hydrogen-bond donors (Lipinski definition) is 2. The summed E-state index contributed by atoms with van der Waals surface area (Å²) in [5.41, 5.74) is 11.4. The van der Waals surface area contributed by atoms with Crippen molar-refractivity contribution in [2.75, 3.05) is 7.05 Å². The Bertz CT molecular complexity index is 628. The SMILES string of the molecule is CN[C@@]1(N)C2=CC3C(C)CCC3C=C2c2ccccc21. The van der Waals surface area contributed by atoms with Gasteiger partial charge >= 0.3 is 0 Å². The highest BCUT2D eigenvalue weighted by atomic mass is 15.1. The molecule has 0 aliphatic heterocycles. The standard InChI is InChI=1S/C18H22N2/c1-11-7-8-12-9-15-13-5-3-4-6-16(13)18(19,20-2)17(15)10-14(11)12/h3-6,9-12,14,20H,7-8,19H2,1-2H3/t11?,12?,14?,18-/m1/s1. The Kier molecular flexibility index (Phi) is 2.51. The zero-order valence-corrected chi connectivity index (χ0v) is 12.2. The van der Waals surface area contributed by atoms with Gasteiger partial charge in [0.1, 0.15) is 5.66 Å². The Hall–Kier alpha value is -1.38. The number of fused-ring (bicyclic) bond motifs is 4. The molecule has 20 heavy (non-hydrogen) atoms. The molecule has 0 heterocycles. The van der Waals surface area contributed by atoms with Crippen LogP contribution in [0.15, 0.2) is 42.0 Å². The summed E-state index contributed by atoms with van der Waals surface area (Å²) in [4.78, 5) is 0. The maximum absolute atomic E-state index is 6.73. The Morgan fingerprint density at radius 2 is 2.00 bits per heavy atom. The zero-order valence-electron chi connectivity index (χ0n) is 12.2. The van der Waals surface area contributed by atoms with Crippen LogP contribution in [0.5, 0.6) is 0 Å².